The number of nitrogens with zero attached hydrogens (tertiary/aromatic N) is 2. The van der Waals surface area contributed by atoms with Gasteiger partial charge in [0.15, 0.2) is 0 Å². The lowest BCUT2D eigenvalue weighted by Crippen LogP contribution is -2.21. The normalized spacial score (nSPS) is 12.7. The molecule has 0 aliphatic carbocycles. The lowest BCUT2D eigenvalue weighted by molar-refractivity contribution is -0.137. The van der Waals surface area contributed by atoms with Crippen molar-refractivity contribution < 1.29 is 13.2 Å². The number of alkyl halides is 3. The van der Waals surface area contributed by atoms with E-state index in [1.54, 1.807) is 6.07 Å². The van der Waals surface area contributed by atoms with E-state index in [2.05, 4.69) is 21.4 Å². The summed E-state index contributed by atoms with van der Waals surface area (Å²) in [7, 11) is 0. The van der Waals surface area contributed by atoms with Gasteiger partial charge < -0.3 is 11.1 Å². The van der Waals surface area contributed by atoms with Crippen LogP contribution >= 0.6 is 11.6 Å². The number of halogens is 4. The number of rotatable bonds is 5. The highest BCUT2D eigenvalue weighted by atomic mass is 35.5. The Bertz CT molecular complexity index is 1230. The number of nitrogens with one attached hydrogen (secondary N) is 1. The highest BCUT2D eigenvalue weighted by molar-refractivity contribution is 6.31. The first-order chi connectivity index (χ1) is 14.8. The lowest BCUT2D eigenvalue weighted by Gasteiger charge is -2.15. The molecule has 3 aromatic carbocycles. The summed E-state index contributed by atoms with van der Waals surface area (Å²) in [5.41, 5.74) is 7.34. The number of anilines is 1. The van der Waals surface area contributed by atoms with Gasteiger partial charge in [0.05, 0.1) is 16.3 Å². The van der Waals surface area contributed by atoms with E-state index in [-0.39, 0.29) is 11.1 Å². The second kappa shape index (κ2) is 8.53. The Morgan fingerprint density at radius 3 is 2.45 bits per heavy atom. The third kappa shape index (κ3) is 4.78. The maximum absolute atomic E-state index is 12.9. The Hall–Kier alpha value is -3.16. The summed E-state index contributed by atoms with van der Waals surface area (Å²) in [6.07, 6.45) is -3.17. The molecular formula is C23H18ClF3N4. The van der Waals surface area contributed by atoms with Gasteiger partial charge in [-0.1, -0.05) is 54.1 Å². The van der Waals surface area contributed by atoms with Crippen molar-refractivity contribution in [1.82, 2.24) is 9.97 Å². The molecule has 0 saturated heterocycles. The SMILES string of the molecule is N[C@@H](CNc1cc(-c2ccc(C(F)(F)F)c(Cl)c2)ncn1)c1ccc2ccccc2c1. The number of hydrogen-bond acceptors (Lipinski definition) is 4. The Balaban J connectivity index is 1.49. The van der Waals surface area contributed by atoms with E-state index in [1.807, 2.05) is 36.4 Å². The van der Waals surface area contributed by atoms with Gasteiger partial charge >= 0.3 is 6.18 Å². The predicted octanol–water partition coefficient (Wildman–Crippen LogP) is 6.08. The van der Waals surface area contributed by atoms with Crippen molar-refractivity contribution >= 4 is 28.2 Å². The summed E-state index contributed by atoms with van der Waals surface area (Å²) >= 11 is 5.82. The molecule has 0 saturated carbocycles. The van der Waals surface area contributed by atoms with Crippen molar-refractivity contribution in [3.05, 3.63) is 89.2 Å². The molecule has 0 amide bonds. The zero-order chi connectivity index (χ0) is 22.0. The van der Waals surface area contributed by atoms with Crippen molar-refractivity contribution in [3.63, 3.8) is 0 Å². The first-order valence-corrected chi connectivity index (χ1v) is 9.86. The molecule has 0 spiro atoms. The standard InChI is InChI=1S/C23H18ClF3N4/c24-19-10-17(7-8-18(19)23(25,26)27)21-11-22(31-13-30-21)29-12-20(28)16-6-5-14-3-1-2-4-15(14)9-16/h1-11,13,20H,12,28H2,(H,29,30,31)/t20-/m0/s1. The lowest BCUT2D eigenvalue weighted by atomic mass is 10.0. The van der Waals surface area contributed by atoms with E-state index in [0.29, 0.717) is 23.6 Å². The summed E-state index contributed by atoms with van der Waals surface area (Å²) < 4.78 is 38.8. The average molecular weight is 443 g/mol. The van der Waals surface area contributed by atoms with Crippen molar-refractivity contribution in [2.75, 3.05) is 11.9 Å². The van der Waals surface area contributed by atoms with Crippen molar-refractivity contribution in [2.45, 2.75) is 12.2 Å². The van der Waals surface area contributed by atoms with Gasteiger partial charge in [0, 0.05) is 24.2 Å². The maximum atomic E-state index is 12.9. The summed E-state index contributed by atoms with van der Waals surface area (Å²) in [5, 5.41) is 5.03. The van der Waals surface area contributed by atoms with Crippen molar-refractivity contribution in [1.29, 1.82) is 0 Å². The largest absolute Gasteiger partial charge is 0.417 e. The minimum absolute atomic E-state index is 0.275. The number of benzene rings is 3. The molecule has 0 aliphatic rings. The second-order valence-electron chi connectivity index (χ2n) is 7.07. The van der Waals surface area contributed by atoms with Crippen LogP contribution in [-0.4, -0.2) is 16.5 Å². The molecule has 1 heterocycles. The van der Waals surface area contributed by atoms with E-state index in [1.165, 1.54) is 18.5 Å². The van der Waals surface area contributed by atoms with Crippen LogP contribution in [-0.2, 0) is 6.18 Å². The van der Waals surface area contributed by atoms with Crippen molar-refractivity contribution in [2.24, 2.45) is 5.73 Å². The number of fused-ring (bicyclic) bond motifs is 1. The Labute approximate surface area is 181 Å². The Morgan fingerprint density at radius 1 is 0.935 bits per heavy atom. The molecular weight excluding hydrogens is 425 g/mol. The molecule has 0 radical (unpaired) electrons. The zero-order valence-electron chi connectivity index (χ0n) is 16.2. The van der Waals surface area contributed by atoms with Gasteiger partial charge in [-0.25, -0.2) is 9.97 Å². The third-order valence-electron chi connectivity index (χ3n) is 4.94. The summed E-state index contributed by atoms with van der Waals surface area (Å²) in [5.74, 6) is 0.511. The molecule has 8 heteroatoms. The number of aromatic nitrogens is 2. The summed E-state index contributed by atoms with van der Waals surface area (Å²) in [6.45, 7) is 0.419. The fourth-order valence-corrected chi connectivity index (χ4v) is 3.57. The van der Waals surface area contributed by atoms with Crippen molar-refractivity contribution in [3.8, 4) is 11.3 Å². The Morgan fingerprint density at radius 2 is 1.71 bits per heavy atom. The fourth-order valence-electron chi connectivity index (χ4n) is 3.29. The van der Waals surface area contributed by atoms with Crippen LogP contribution in [0.3, 0.4) is 0 Å². The quantitative estimate of drug-likeness (QED) is 0.393. The van der Waals surface area contributed by atoms with Gasteiger partial charge in [-0.15, -0.1) is 0 Å². The van der Waals surface area contributed by atoms with E-state index >= 15 is 0 Å². The minimum Gasteiger partial charge on any atom is -0.368 e. The third-order valence-corrected chi connectivity index (χ3v) is 5.25. The van der Waals surface area contributed by atoms with Crippen LogP contribution in [0, 0.1) is 0 Å². The monoisotopic (exact) mass is 442 g/mol. The van der Waals surface area contributed by atoms with Gasteiger partial charge in [0.25, 0.3) is 0 Å². The fraction of sp³-hybridized carbons (Fsp3) is 0.130. The molecule has 4 aromatic rings. The van der Waals surface area contributed by atoms with Gasteiger partial charge in [-0.05, 0) is 34.5 Å². The van der Waals surface area contributed by atoms with Crippen LogP contribution in [0.5, 0.6) is 0 Å². The average Bonchev–Trinajstić information content (AvgIpc) is 2.76. The van der Waals surface area contributed by atoms with Crippen LogP contribution in [0.15, 0.2) is 73.1 Å². The van der Waals surface area contributed by atoms with Gasteiger partial charge in [-0.3, -0.25) is 0 Å². The molecule has 158 valence electrons. The minimum atomic E-state index is -4.51. The highest BCUT2D eigenvalue weighted by Crippen LogP contribution is 2.36. The molecule has 0 bridgehead atoms. The van der Waals surface area contributed by atoms with Crippen LogP contribution < -0.4 is 11.1 Å². The highest BCUT2D eigenvalue weighted by Gasteiger charge is 2.33. The first-order valence-electron chi connectivity index (χ1n) is 9.48. The first kappa shape index (κ1) is 21.1. The van der Waals surface area contributed by atoms with E-state index in [9.17, 15) is 13.2 Å². The molecule has 4 nitrogen and oxygen atoms in total. The molecule has 0 fully saturated rings. The molecule has 1 atom stereocenters. The molecule has 4 rings (SSSR count). The van der Waals surface area contributed by atoms with Gasteiger partial charge in [0.1, 0.15) is 12.1 Å². The molecule has 31 heavy (non-hydrogen) atoms. The van der Waals surface area contributed by atoms with Crippen LogP contribution in [0.1, 0.15) is 17.2 Å². The predicted molar refractivity (Wildman–Crippen MR) is 117 cm³/mol. The zero-order valence-corrected chi connectivity index (χ0v) is 17.0. The summed E-state index contributed by atoms with van der Waals surface area (Å²) in [4.78, 5) is 8.31. The summed E-state index contributed by atoms with van der Waals surface area (Å²) in [6, 6.07) is 19.0. The van der Waals surface area contributed by atoms with Crippen LogP contribution in [0.2, 0.25) is 5.02 Å². The van der Waals surface area contributed by atoms with Crippen LogP contribution in [0.25, 0.3) is 22.0 Å². The van der Waals surface area contributed by atoms with E-state index in [4.69, 9.17) is 17.3 Å². The van der Waals surface area contributed by atoms with Crippen LogP contribution in [0.4, 0.5) is 19.0 Å². The molecule has 0 aliphatic heterocycles. The molecule has 1 aromatic heterocycles. The smallest absolute Gasteiger partial charge is 0.368 e. The maximum Gasteiger partial charge on any atom is 0.417 e. The van der Waals surface area contributed by atoms with E-state index in [0.717, 1.165) is 22.4 Å². The molecule has 0 unspecified atom stereocenters. The molecule has 3 N–H and O–H groups in total. The second-order valence-corrected chi connectivity index (χ2v) is 7.48. The topological polar surface area (TPSA) is 63.8 Å². The van der Waals surface area contributed by atoms with E-state index < -0.39 is 11.7 Å². The van der Waals surface area contributed by atoms with Gasteiger partial charge in [-0.2, -0.15) is 13.2 Å². The number of nitrogens with two attached hydrogens (primary N) is 1. The number of hydrogen-bond donors (Lipinski definition) is 2. The Kier molecular flexibility index (Phi) is 5.80. The van der Waals surface area contributed by atoms with Gasteiger partial charge in [0.2, 0.25) is 0 Å².